The zero-order valence-electron chi connectivity index (χ0n) is 13.2. The van der Waals surface area contributed by atoms with Crippen LogP contribution in [-0.4, -0.2) is 6.54 Å². The Kier molecular flexibility index (Phi) is 5.88. The van der Waals surface area contributed by atoms with Crippen LogP contribution < -0.4 is 10.1 Å². The molecule has 2 aromatic rings. The molecule has 1 heterocycles. The van der Waals surface area contributed by atoms with E-state index in [4.69, 9.17) is 9.15 Å². The molecule has 1 N–H and O–H groups in total. The Balaban J connectivity index is 1.94. The van der Waals surface area contributed by atoms with Crippen LogP contribution in [0.3, 0.4) is 0 Å². The van der Waals surface area contributed by atoms with Gasteiger partial charge in [-0.3, -0.25) is 0 Å². The average molecular weight is 287 g/mol. The van der Waals surface area contributed by atoms with Gasteiger partial charge in [0.25, 0.3) is 0 Å². The maximum absolute atomic E-state index is 5.90. The number of rotatable bonds is 8. The van der Waals surface area contributed by atoms with Crippen LogP contribution in [0.4, 0.5) is 0 Å². The zero-order valence-corrected chi connectivity index (χ0v) is 13.2. The molecule has 0 spiro atoms. The van der Waals surface area contributed by atoms with Crippen molar-refractivity contribution in [2.75, 3.05) is 6.54 Å². The fourth-order valence-electron chi connectivity index (χ4n) is 2.15. The lowest BCUT2D eigenvalue weighted by Gasteiger charge is -2.10. The van der Waals surface area contributed by atoms with E-state index in [2.05, 4.69) is 38.2 Å². The van der Waals surface area contributed by atoms with Crippen LogP contribution in [0.1, 0.15) is 50.0 Å². The van der Waals surface area contributed by atoms with Crippen molar-refractivity contribution in [2.24, 2.45) is 0 Å². The molecule has 0 saturated carbocycles. The van der Waals surface area contributed by atoms with Crippen LogP contribution in [0.2, 0.25) is 0 Å². The normalized spacial score (nSPS) is 11.0. The predicted molar refractivity (Wildman–Crippen MR) is 85.6 cm³/mol. The summed E-state index contributed by atoms with van der Waals surface area (Å²) in [5.74, 6) is 2.38. The van der Waals surface area contributed by atoms with Crippen molar-refractivity contribution in [1.82, 2.24) is 5.32 Å². The minimum atomic E-state index is 0.510. The van der Waals surface area contributed by atoms with Gasteiger partial charge in [0.15, 0.2) is 0 Å². The summed E-state index contributed by atoms with van der Waals surface area (Å²) in [5, 5.41) is 3.35. The Labute approximate surface area is 127 Å². The summed E-state index contributed by atoms with van der Waals surface area (Å²) in [6.07, 6.45) is 2.85. The Morgan fingerprint density at radius 1 is 1.24 bits per heavy atom. The van der Waals surface area contributed by atoms with E-state index in [9.17, 15) is 0 Å². The van der Waals surface area contributed by atoms with Gasteiger partial charge in [0.1, 0.15) is 18.1 Å². The number of hydrogen-bond donors (Lipinski definition) is 1. The SMILES string of the molecule is CCCNCc1occc1COc1cccc(C(C)C)c1. The minimum Gasteiger partial charge on any atom is -0.489 e. The number of nitrogens with one attached hydrogen (secondary N) is 1. The summed E-state index contributed by atoms with van der Waals surface area (Å²) in [6, 6.07) is 10.3. The van der Waals surface area contributed by atoms with E-state index in [1.807, 2.05) is 18.2 Å². The quantitative estimate of drug-likeness (QED) is 0.727. The van der Waals surface area contributed by atoms with Gasteiger partial charge in [-0.2, -0.15) is 0 Å². The van der Waals surface area contributed by atoms with E-state index in [1.165, 1.54) is 5.56 Å². The number of furan rings is 1. The summed E-state index contributed by atoms with van der Waals surface area (Å²) >= 11 is 0. The Morgan fingerprint density at radius 3 is 2.86 bits per heavy atom. The van der Waals surface area contributed by atoms with Gasteiger partial charge in [0, 0.05) is 5.56 Å². The summed E-state index contributed by atoms with van der Waals surface area (Å²) in [4.78, 5) is 0. The molecule has 0 saturated heterocycles. The largest absolute Gasteiger partial charge is 0.489 e. The fourth-order valence-corrected chi connectivity index (χ4v) is 2.15. The second kappa shape index (κ2) is 7.89. The number of hydrogen-bond acceptors (Lipinski definition) is 3. The fraction of sp³-hybridized carbons (Fsp3) is 0.444. The third-order valence-corrected chi connectivity index (χ3v) is 3.47. The molecule has 0 aliphatic rings. The Bertz CT molecular complexity index is 546. The van der Waals surface area contributed by atoms with Gasteiger partial charge in [-0.25, -0.2) is 0 Å². The molecule has 114 valence electrons. The maximum Gasteiger partial charge on any atom is 0.124 e. The molecule has 0 unspecified atom stereocenters. The molecule has 21 heavy (non-hydrogen) atoms. The second-order valence-electron chi connectivity index (χ2n) is 5.56. The van der Waals surface area contributed by atoms with Gasteiger partial charge in [-0.15, -0.1) is 0 Å². The number of benzene rings is 1. The van der Waals surface area contributed by atoms with Gasteiger partial charge < -0.3 is 14.5 Å². The molecule has 3 nitrogen and oxygen atoms in total. The van der Waals surface area contributed by atoms with Crippen LogP contribution in [-0.2, 0) is 13.2 Å². The molecule has 1 aromatic carbocycles. The van der Waals surface area contributed by atoms with E-state index < -0.39 is 0 Å². The van der Waals surface area contributed by atoms with Crippen molar-refractivity contribution >= 4 is 0 Å². The average Bonchev–Trinajstić information content (AvgIpc) is 2.93. The van der Waals surface area contributed by atoms with Crippen molar-refractivity contribution in [3.63, 3.8) is 0 Å². The van der Waals surface area contributed by atoms with Crippen LogP contribution >= 0.6 is 0 Å². The molecule has 0 bridgehead atoms. The third kappa shape index (κ3) is 4.64. The first kappa shape index (κ1) is 15.6. The van der Waals surface area contributed by atoms with E-state index >= 15 is 0 Å². The Hall–Kier alpha value is -1.74. The van der Waals surface area contributed by atoms with Gasteiger partial charge >= 0.3 is 0 Å². The van der Waals surface area contributed by atoms with Gasteiger partial charge in [-0.05, 0) is 42.6 Å². The predicted octanol–water partition coefficient (Wildman–Crippen LogP) is 4.48. The molecule has 3 heteroatoms. The van der Waals surface area contributed by atoms with Gasteiger partial charge in [0.05, 0.1) is 12.8 Å². The molecule has 2 rings (SSSR count). The lowest BCUT2D eigenvalue weighted by atomic mass is 10.0. The highest BCUT2D eigenvalue weighted by Gasteiger charge is 2.07. The van der Waals surface area contributed by atoms with Crippen LogP contribution in [0.15, 0.2) is 41.0 Å². The molecule has 0 aliphatic heterocycles. The highest BCUT2D eigenvalue weighted by molar-refractivity contribution is 5.30. The molecule has 0 fully saturated rings. The summed E-state index contributed by atoms with van der Waals surface area (Å²) in [6.45, 7) is 8.82. The minimum absolute atomic E-state index is 0.510. The summed E-state index contributed by atoms with van der Waals surface area (Å²) in [7, 11) is 0. The van der Waals surface area contributed by atoms with E-state index in [-0.39, 0.29) is 0 Å². The topological polar surface area (TPSA) is 34.4 Å². The highest BCUT2D eigenvalue weighted by Crippen LogP contribution is 2.21. The first-order valence-electron chi connectivity index (χ1n) is 7.69. The molecule has 0 atom stereocenters. The lowest BCUT2D eigenvalue weighted by molar-refractivity contribution is 0.301. The van der Waals surface area contributed by atoms with Crippen LogP contribution in [0.5, 0.6) is 5.75 Å². The zero-order chi connectivity index (χ0) is 15.1. The lowest BCUT2D eigenvalue weighted by Crippen LogP contribution is -2.14. The van der Waals surface area contributed by atoms with Crippen molar-refractivity contribution in [2.45, 2.75) is 46.3 Å². The van der Waals surface area contributed by atoms with Crippen molar-refractivity contribution < 1.29 is 9.15 Å². The van der Waals surface area contributed by atoms with Crippen LogP contribution in [0, 0.1) is 0 Å². The van der Waals surface area contributed by atoms with Crippen molar-refractivity contribution in [3.05, 3.63) is 53.5 Å². The molecule has 0 aliphatic carbocycles. The number of ether oxygens (including phenoxy) is 1. The van der Waals surface area contributed by atoms with Gasteiger partial charge in [-0.1, -0.05) is 32.9 Å². The monoisotopic (exact) mass is 287 g/mol. The van der Waals surface area contributed by atoms with Crippen molar-refractivity contribution in [1.29, 1.82) is 0 Å². The third-order valence-electron chi connectivity index (χ3n) is 3.47. The van der Waals surface area contributed by atoms with E-state index in [0.29, 0.717) is 12.5 Å². The smallest absolute Gasteiger partial charge is 0.124 e. The van der Waals surface area contributed by atoms with Gasteiger partial charge in [0.2, 0.25) is 0 Å². The molecule has 1 aromatic heterocycles. The molecular weight excluding hydrogens is 262 g/mol. The maximum atomic E-state index is 5.90. The molecule has 0 amide bonds. The summed E-state index contributed by atoms with van der Waals surface area (Å²) < 4.78 is 11.4. The first-order valence-corrected chi connectivity index (χ1v) is 7.69. The highest BCUT2D eigenvalue weighted by atomic mass is 16.5. The standard InChI is InChI=1S/C18H25NO2/c1-4-9-19-12-18-16(8-10-20-18)13-21-17-7-5-6-15(11-17)14(2)3/h5-8,10-11,14,19H,4,9,12-13H2,1-3H3. The molecule has 0 radical (unpaired) electrons. The Morgan fingerprint density at radius 2 is 2.10 bits per heavy atom. The van der Waals surface area contributed by atoms with E-state index in [1.54, 1.807) is 6.26 Å². The molecular formula is C18H25NO2. The second-order valence-corrected chi connectivity index (χ2v) is 5.56. The van der Waals surface area contributed by atoms with Crippen molar-refractivity contribution in [3.8, 4) is 5.75 Å². The first-order chi connectivity index (χ1) is 10.2. The summed E-state index contributed by atoms with van der Waals surface area (Å²) in [5.41, 5.74) is 2.40. The van der Waals surface area contributed by atoms with Crippen LogP contribution in [0.25, 0.3) is 0 Å². The van der Waals surface area contributed by atoms with E-state index in [0.717, 1.165) is 36.6 Å².